The van der Waals surface area contributed by atoms with E-state index in [9.17, 15) is 13.2 Å². The molecule has 16 heavy (non-hydrogen) atoms. The Morgan fingerprint density at radius 2 is 1.69 bits per heavy atom. The minimum Gasteiger partial charge on any atom is -0.297 e. The van der Waals surface area contributed by atoms with Gasteiger partial charge in [0.25, 0.3) is 0 Å². The van der Waals surface area contributed by atoms with Gasteiger partial charge in [-0.05, 0) is 24.3 Å². The molecule has 0 spiro atoms. The van der Waals surface area contributed by atoms with Crippen molar-refractivity contribution in [3.63, 3.8) is 0 Å². The van der Waals surface area contributed by atoms with E-state index in [1.807, 2.05) is 0 Å². The summed E-state index contributed by atoms with van der Waals surface area (Å²) in [6, 6.07) is 6.64. The van der Waals surface area contributed by atoms with E-state index in [1.165, 1.54) is 17.4 Å². The van der Waals surface area contributed by atoms with Crippen LogP contribution in [0.2, 0.25) is 0 Å². The third kappa shape index (κ3) is 2.22. The quantitative estimate of drug-likeness (QED) is 0.868. The lowest BCUT2D eigenvalue weighted by molar-refractivity contribution is 0.112. The van der Waals surface area contributed by atoms with Gasteiger partial charge in [-0.2, -0.15) is 0 Å². The topological polar surface area (TPSA) is 77.2 Å². The van der Waals surface area contributed by atoms with E-state index >= 15 is 0 Å². The van der Waals surface area contributed by atoms with Crippen LogP contribution >= 0.6 is 22.7 Å². The van der Waals surface area contributed by atoms with Gasteiger partial charge >= 0.3 is 0 Å². The molecule has 0 aromatic carbocycles. The summed E-state index contributed by atoms with van der Waals surface area (Å²) >= 11 is 2.41. The van der Waals surface area contributed by atoms with Crippen LogP contribution in [0.3, 0.4) is 0 Å². The first-order valence-corrected chi connectivity index (χ1v) is 7.36. The van der Waals surface area contributed by atoms with Gasteiger partial charge in [0.05, 0.1) is 4.88 Å². The zero-order chi connectivity index (χ0) is 11.8. The molecule has 4 nitrogen and oxygen atoms in total. The minimum absolute atomic E-state index is 0.128. The van der Waals surface area contributed by atoms with Crippen LogP contribution in [0.4, 0.5) is 0 Å². The standard InChI is InChI=1S/C9H7NO3S3/c10-16(12,13)9-4-3-8(15-9)7-2-1-6(5-11)14-7/h1-5H,(H2,10,12,13). The summed E-state index contributed by atoms with van der Waals surface area (Å²) in [6.07, 6.45) is 0.766. The molecule has 0 bridgehead atoms. The predicted octanol–water partition coefficient (Wildman–Crippen LogP) is 1.94. The summed E-state index contributed by atoms with van der Waals surface area (Å²) in [6.45, 7) is 0. The normalized spacial score (nSPS) is 11.6. The lowest BCUT2D eigenvalue weighted by atomic mass is 10.4. The highest BCUT2D eigenvalue weighted by molar-refractivity contribution is 7.91. The van der Waals surface area contributed by atoms with E-state index in [0.29, 0.717) is 4.88 Å². The highest BCUT2D eigenvalue weighted by Crippen LogP contribution is 2.34. The van der Waals surface area contributed by atoms with Gasteiger partial charge < -0.3 is 0 Å². The van der Waals surface area contributed by atoms with E-state index < -0.39 is 10.0 Å². The molecule has 84 valence electrons. The molecule has 2 heterocycles. The Morgan fingerprint density at radius 1 is 1.06 bits per heavy atom. The second-order valence-corrected chi connectivity index (χ2v) is 6.97. The molecule has 2 aromatic heterocycles. The van der Waals surface area contributed by atoms with Gasteiger partial charge in [0.2, 0.25) is 10.0 Å². The SMILES string of the molecule is NS(=O)(=O)c1ccc(-c2ccc(C=O)s2)s1. The fraction of sp³-hybridized carbons (Fsp3) is 0. The van der Waals surface area contributed by atoms with E-state index in [1.54, 1.807) is 18.2 Å². The fourth-order valence-electron chi connectivity index (χ4n) is 1.15. The first kappa shape index (κ1) is 11.5. The molecule has 2 aromatic rings. The van der Waals surface area contributed by atoms with Gasteiger partial charge in [-0.1, -0.05) is 0 Å². The maximum atomic E-state index is 11.1. The molecule has 0 saturated heterocycles. The third-order valence-electron chi connectivity index (χ3n) is 1.85. The molecule has 0 aliphatic carbocycles. The lowest BCUT2D eigenvalue weighted by Gasteiger charge is -1.90. The predicted molar refractivity (Wildman–Crippen MR) is 64.4 cm³/mol. The Labute approximate surface area is 100 Å². The fourth-order valence-corrected chi connectivity index (χ4v) is 3.80. The zero-order valence-corrected chi connectivity index (χ0v) is 10.4. The van der Waals surface area contributed by atoms with Crippen molar-refractivity contribution in [1.82, 2.24) is 0 Å². The third-order valence-corrected chi connectivity index (χ3v) is 5.58. The number of hydrogen-bond acceptors (Lipinski definition) is 5. The number of sulfonamides is 1. The smallest absolute Gasteiger partial charge is 0.247 e. The first-order valence-electron chi connectivity index (χ1n) is 4.19. The lowest BCUT2D eigenvalue weighted by Crippen LogP contribution is -2.09. The van der Waals surface area contributed by atoms with Crippen LogP contribution in [-0.4, -0.2) is 14.7 Å². The Hall–Kier alpha value is -1.02. The van der Waals surface area contributed by atoms with Crippen LogP contribution in [0.15, 0.2) is 28.5 Å². The Balaban J connectivity index is 2.42. The largest absolute Gasteiger partial charge is 0.297 e. The molecule has 0 aliphatic heterocycles. The molecule has 0 saturated carbocycles. The summed E-state index contributed by atoms with van der Waals surface area (Å²) in [5.74, 6) is 0. The highest BCUT2D eigenvalue weighted by Gasteiger charge is 2.13. The van der Waals surface area contributed by atoms with Crippen molar-refractivity contribution in [3.8, 4) is 9.75 Å². The molecule has 0 amide bonds. The molecule has 0 fully saturated rings. The molecule has 7 heteroatoms. The van der Waals surface area contributed by atoms with E-state index in [0.717, 1.165) is 27.4 Å². The maximum Gasteiger partial charge on any atom is 0.247 e. The summed E-state index contributed by atoms with van der Waals surface area (Å²) in [7, 11) is -3.64. The van der Waals surface area contributed by atoms with Gasteiger partial charge in [0, 0.05) is 9.75 Å². The van der Waals surface area contributed by atoms with Crippen molar-refractivity contribution < 1.29 is 13.2 Å². The van der Waals surface area contributed by atoms with Gasteiger partial charge in [0.1, 0.15) is 4.21 Å². The van der Waals surface area contributed by atoms with E-state index in [4.69, 9.17) is 5.14 Å². The number of thiophene rings is 2. The Morgan fingerprint density at radius 3 is 2.19 bits per heavy atom. The van der Waals surface area contributed by atoms with Gasteiger partial charge in [-0.25, -0.2) is 13.6 Å². The van der Waals surface area contributed by atoms with Crippen molar-refractivity contribution >= 4 is 39.0 Å². The van der Waals surface area contributed by atoms with Gasteiger partial charge in [-0.15, -0.1) is 22.7 Å². The van der Waals surface area contributed by atoms with Gasteiger partial charge in [0.15, 0.2) is 6.29 Å². The molecule has 2 N–H and O–H groups in total. The monoisotopic (exact) mass is 273 g/mol. The Kier molecular flexibility index (Phi) is 2.94. The van der Waals surface area contributed by atoms with Gasteiger partial charge in [-0.3, -0.25) is 4.79 Å². The number of rotatable bonds is 3. The molecule has 0 radical (unpaired) electrons. The summed E-state index contributed by atoms with van der Waals surface area (Å²) in [5, 5.41) is 5.01. The van der Waals surface area contributed by atoms with Crippen LogP contribution in [0.1, 0.15) is 9.67 Å². The number of hydrogen-bond donors (Lipinski definition) is 1. The zero-order valence-electron chi connectivity index (χ0n) is 7.91. The first-order chi connectivity index (χ1) is 7.50. The summed E-state index contributed by atoms with van der Waals surface area (Å²) < 4.78 is 22.3. The van der Waals surface area contributed by atoms with Crippen molar-refractivity contribution in [1.29, 1.82) is 0 Å². The molecular weight excluding hydrogens is 266 g/mol. The number of aldehydes is 1. The van der Waals surface area contributed by atoms with Crippen LogP contribution in [0.5, 0.6) is 0 Å². The number of carbonyl (C=O) groups is 1. The Bertz CT molecular complexity index is 624. The van der Waals surface area contributed by atoms with E-state index in [2.05, 4.69) is 0 Å². The van der Waals surface area contributed by atoms with Crippen molar-refractivity contribution in [3.05, 3.63) is 29.1 Å². The number of nitrogens with two attached hydrogens (primary N) is 1. The summed E-state index contributed by atoms with van der Waals surface area (Å²) in [5.41, 5.74) is 0. The molecule has 0 aliphatic rings. The van der Waals surface area contributed by atoms with Crippen LogP contribution in [-0.2, 0) is 10.0 Å². The average molecular weight is 273 g/mol. The minimum atomic E-state index is -3.64. The van der Waals surface area contributed by atoms with Crippen molar-refractivity contribution in [2.24, 2.45) is 5.14 Å². The highest BCUT2D eigenvalue weighted by atomic mass is 32.2. The van der Waals surface area contributed by atoms with Crippen LogP contribution < -0.4 is 5.14 Å². The average Bonchev–Trinajstić information content (AvgIpc) is 2.85. The van der Waals surface area contributed by atoms with Crippen LogP contribution in [0.25, 0.3) is 9.75 Å². The molecule has 0 atom stereocenters. The maximum absolute atomic E-state index is 11.1. The number of primary sulfonamides is 1. The van der Waals surface area contributed by atoms with Crippen molar-refractivity contribution in [2.45, 2.75) is 4.21 Å². The van der Waals surface area contributed by atoms with Crippen molar-refractivity contribution in [2.75, 3.05) is 0 Å². The number of carbonyl (C=O) groups excluding carboxylic acids is 1. The second kappa shape index (κ2) is 4.10. The second-order valence-electron chi connectivity index (χ2n) is 2.98. The van der Waals surface area contributed by atoms with Crippen LogP contribution in [0, 0.1) is 0 Å². The molecule has 0 unspecified atom stereocenters. The summed E-state index contributed by atoms with van der Waals surface area (Å²) in [4.78, 5) is 12.8. The molecule has 2 rings (SSSR count). The molecular formula is C9H7NO3S3. The van der Waals surface area contributed by atoms with E-state index in [-0.39, 0.29) is 4.21 Å².